The molecule has 24 heavy (non-hydrogen) atoms. The summed E-state index contributed by atoms with van der Waals surface area (Å²) in [6, 6.07) is 9.83. The lowest BCUT2D eigenvalue weighted by molar-refractivity contribution is 0.103. The van der Waals surface area contributed by atoms with Crippen LogP contribution in [0.15, 0.2) is 40.6 Å². The van der Waals surface area contributed by atoms with Gasteiger partial charge in [-0.25, -0.2) is 8.42 Å². The van der Waals surface area contributed by atoms with E-state index in [1.54, 1.807) is 38.1 Å². The molecule has 0 saturated heterocycles. The first kappa shape index (κ1) is 18.1. The van der Waals surface area contributed by atoms with E-state index < -0.39 is 10.0 Å². The Morgan fingerprint density at radius 3 is 2.42 bits per heavy atom. The Kier molecular flexibility index (Phi) is 5.72. The van der Waals surface area contributed by atoms with Crippen molar-refractivity contribution in [2.75, 3.05) is 18.4 Å². The Morgan fingerprint density at radius 2 is 1.88 bits per heavy atom. The monoisotopic (exact) mass is 363 g/mol. The molecule has 0 saturated carbocycles. The van der Waals surface area contributed by atoms with Gasteiger partial charge in [-0.1, -0.05) is 13.8 Å². The van der Waals surface area contributed by atoms with Crippen LogP contribution in [-0.4, -0.2) is 31.7 Å². The van der Waals surface area contributed by atoms with E-state index >= 15 is 0 Å². The molecule has 8 heteroatoms. The first-order valence-corrected chi connectivity index (χ1v) is 9.64. The minimum absolute atomic E-state index is 0.126. The third kappa shape index (κ3) is 3.82. The summed E-state index contributed by atoms with van der Waals surface area (Å²) in [6.07, 6.45) is 0. The van der Waals surface area contributed by atoms with E-state index in [0.717, 1.165) is 11.3 Å². The second-order valence-corrected chi connectivity index (χ2v) is 7.73. The molecule has 2 rings (SSSR count). The van der Waals surface area contributed by atoms with Crippen LogP contribution in [0.3, 0.4) is 0 Å². The van der Waals surface area contributed by atoms with Gasteiger partial charge in [0.25, 0.3) is 5.91 Å². The maximum atomic E-state index is 12.4. The molecule has 6 nitrogen and oxygen atoms in total. The number of thiophene rings is 1. The highest BCUT2D eigenvalue weighted by molar-refractivity contribution is 7.89. The Morgan fingerprint density at radius 1 is 1.25 bits per heavy atom. The molecular formula is C16H17N3O3S2. The number of nitriles is 1. The fourth-order valence-electron chi connectivity index (χ4n) is 2.11. The van der Waals surface area contributed by atoms with Crippen LogP contribution in [0.2, 0.25) is 0 Å². The molecule has 0 bridgehead atoms. The van der Waals surface area contributed by atoms with Crippen LogP contribution in [0.5, 0.6) is 0 Å². The van der Waals surface area contributed by atoms with E-state index in [1.807, 2.05) is 6.07 Å². The highest BCUT2D eigenvalue weighted by atomic mass is 32.2. The maximum Gasteiger partial charge on any atom is 0.265 e. The van der Waals surface area contributed by atoms with Crippen molar-refractivity contribution < 1.29 is 13.2 Å². The molecule has 1 aromatic carbocycles. The topological polar surface area (TPSA) is 90.3 Å². The van der Waals surface area contributed by atoms with E-state index in [9.17, 15) is 13.2 Å². The van der Waals surface area contributed by atoms with E-state index in [2.05, 4.69) is 5.32 Å². The second-order valence-electron chi connectivity index (χ2n) is 4.88. The molecule has 0 spiro atoms. The number of hydrogen-bond acceptors (Lipinski definition) is 5. The van der Waals surface area contributed by atoms with Crippen molar-refractivity contribution in [1.82, 2.24) is 4.31 Å². The van der Waals surface area contributed by atoms with E-state index in [1.165, 1.54) is 15.8 Å². The van der Waals surface area contributed by atoms with Crippen LogP contribution in [0.4, 0.5) is 5.69 Å². The lowest BCUT2D eigenvalue weighted by atomic mass is 10.2. The summed E-state index contributed by atoms with van der Waals surface area (Å²) in [5.41, 5.74) is 1.04. The molecule has 1 heterocycles. The number of carbonyl (C=O) groups excluding carboxylic acids is 1. The van der Waals surface area contributed by atoms with Crippen LogP contribution >= 0.6 is 11.3 Å². The molecule has 1 amide bonds. The van der Waals surface area contributed by atoms with Gasteiger partial charge in [-0.15, -0.1) is 11.3 Å². The smallest absolute Gasteiger partial charge is 0.265 e. The predicted octanol–water partition coefficient (Wildman–Crippen LogP) is 2.90. The molecule has 126 valence electrons. The largest absolute Gasteiger partial charge is 0.321 e. The molecular weight excluding hydrogens is 346 g/mol. The van der Waals surface area contributed by atoms with Crippen molar-refractivity contribution in [3.05, 3.63) is 46.2 Å². The summed E-state index contributed by atoms with van der Waals surface area (Å²) < 4.78 is 26.2. The molecule has 0 unspecified atom stereocenters. The van der Waals surface area contributed by atoms with Crippen molar-refractivity contribution in [3.63, 3.8) is 0 Å². The molecule has 0 aliphatic carbocycles. The highest BCUT2D eigenvalue weighted by Gasteiger charge is 2.24. The minimum atomic E-state index is -3.57. The van der Waals surface area contributed by atoms with Gasteiger partial charge in [0.15, 0.2) is 0 Å². The summed E-state index contributed by atoms with van der Waals surface area (Å²) in [7, 11) is -3.57. The Balaban J connectivity index is 2.17. The zero-order chi connectivity index (χ0) is 17.7. The number of rotatable bonds is 6. The second kappa shape index (κ2) is 7.57. The van der Waals surface area contributed by atoms with Gasteiger partial charge >= 0.3 is 0 Å². The van der Waals surface area contributed by atoms with Gasteiger partial charge in [0.05, 0.1) is 21.4 Å². The number of hydrogen-bond donors (Lipinski definition) is 1. The SMILES string of the molecule is CCN(CC)S(=O)(=O)c1csc(C(=O)Nc2ccc(C#N)cc2)c1. The Labute approximate surface area is 145 Å². The molecule has 2 aromatic rings. The molecule has 1 N–H and O–H groups in total. The van der Waals surface area contributed by atoms with Gasteiger partial charge in [-0.05, 0) is 30.3 Å². The fraction of sp³-hybridized carbons (Fsp3) is 0.250. The number of anilines is 1. The quantitative estimate of drug-likeness (QED) is 0.854. The molecule has 0 atom stereocenters. The Hall–Kier alpha value is -2.21. The number of amides is 1. The lowest BCUT2D eigenvalue weighted by Gasteiger charge is -2.17. The maximum absolute atomic E-state index is 12.4. The zero-order valence-electron chi connectivity index (χ0n) is 13.3. The van der Waals surface area contributed by atoms with Crippen molar-refractivity contribution in [2.45, 2.75) is 18.7 Å². The first-order chi connectivity index (χ1) is 11.4. The van der Waals surface area contributed by atoms with Crippen molar-refractivity contribution in [3.8, 4) is 6.07 Å². The van der Waals surface area contributed by atoms with Gasteiger partial charge in [0.2, 0.25) is 10.0 Å². The van der Waals surface area contributed by atoms with Crippen molar-refractivity contribution in [1.29, 1.82) is 5.26 Å². The third-order valence-corrected chi connectivity index (χ3v) is 6.52. The average Bonchev–Trinajstić information content (AvgIpc) is 3.07. The van der Waals surface area contributed by atoms with Crippen LogP contribution in [0.1, 0.15) is 29.1 Å². The average molecular weight is 363 g/mol. The fourth-order valence-corrected chi connectivity index (χ4v) is 4.72. The predicted molar refractivity (Wildman–Crippen MR) is 93.5 cm³/mol. The lowest BCUT2D eigenvalue weighted by Crippen LogP contribution is -2.30. The van der Waals surface area contributed by atoms with Crippen molar-refractivity contribution >= 4 is 33.0 Å². The molecule has 0 aliphatic heterocycles. The van der Waals surface area contributed by atoms with E-state index in [-0.39, 0.29) is 10.8 Å². The van der Waals surface area contributed by atoms with Crippen LogP contribution in [0, 0.1) is 11.3 Å². The van der Waals surface area contributed by atoms with Gasteiger partial charge < -0.3 is 5.32 Å². The minimum Gasteiger partial charge on any atom is -0.321 e. The molecule has 1 aromatic heterocycles. The highest BCUT2D eigenvalue weighted by Crippen LogP contribution is 2.23. The van der Waals surface area contributed by atoms with Crippen LogP contribution in [-0.2, 0) is 10.0 Å². The van der Waals surface area contributed by atoms with Crippen molar-refractivity contribution in [2.24, 2.45) is 0 Å². The van der Waals surface area contributed by atoms with Crippen LogP contribution < -0.4 is 5.32 Å². The van der Waals surface area contributed by atoms with Gasteiger partial charge in [-0.2, -0.15) is 9.57 Å². The molecule has 0 fully saturated rings. The number of carbonyl (C=O) groups is 1. The van der Waals surface area contributed by atoms with Crippen LogP contribution in [0.25, 0.3) is 0 Å². The van der Waals surface area contributed by atoms with E-state index in [4.69, 9.17) is 5.26 Å². The number of sulfonamides is 1. The summed E-state index contributed by atoms with van der Waals surface area (Å²) in [5.74, 6) is -0.384. The van der Waals surface area contributed by atoms with Gasteiger partial charge in [-0.3, -0.25) is 4.79 Å². The number of benzene rings is 1. The van der Waals surface area contributed by atoms with Gasteiger partial charge in [0, 0.05) is 24.2 Å². The first-order valence-electron chi connectivity index (χ1n) is 7.32. The number of nitrogens with zero attached hydrogens (tertiary/aromatic N) is 2. The number of nitrogens with one attached hydrogen (secondary N) is 1. The molecule has 0 aliphatic rings. The standard InChI is InChI=1S/C16H17N3O3S2/c1-3-19(4-2)24(21,22)14-9-15(23-11-14)16(20)18-13-7-5-12(10-17)6-8-13/h5-9,11H,3-4H2,1-2H3,(H,18,20). The zero-order valence-corrected chi connectivity index (χ0v) is 14.9. The third-order valence-electron chi connectivity index (χ3n) is 3.41. The van der Waals surface area contributed by atoms with E-state index in [0.29, 0.717) is 29.2 Å². The summed E-state index contributed by atoms with van der Waals surface area (Å²) in [6.45, 7) is 4.29. The normalized spacial score (nSPS) is 11.2. The molecule has 0 radical (unpaired) electrons. The van der Waals surface area contributed by atoms with Gasteiger partial charge in [0.1, 0.15) is 0 Å². The Bertz CT molecular complexity index is 861. The summed E-state index contributed by atoms with van der Waals surface area (Å²) in [5, 5.41) is 12.9. The summed E-state index contributed by atoms with van der Waals surface area (Å²) >= 11 is 1.08. The summed E-state index contributed by atoms with van der Waals surface area (Å²) in [4.78, 5) is 12.7.